The number of halogens is 2. The molecule has 0 bridgehead atoms. The first-order chi connectivity index (χ1) is 13.4. The molecule has 4 rings (SSSR count). The van der Waals surface area contributed by atoms with Gasteiger partial charge in [0.1, 0.15) is 4.34 Å². The highest BCUT2D eigenvalue weighted by atomic mass is 35.5. The Hall–Kier alpha value is -2.07. The first kappa shape index (κ1) is 19.3. The molecule has 1 aromatic heterocycles. The zero-order valence-corrected chi connectivity index (χ0v) is 17.2. The predicted octanol–water partition coefficient (Wildman–Crippen LogP) is 3.72. The number of aromatic nitrogens is 1. The number of fused-ring (bicyclic) bond motifs is 2. The van der Waals surface area contributed by atoms with Gasteiger partial charge in [0.05, 0.1) is 13.3 Å². The Morgan fingerprint density at radius 1 is 1.29 bits per heavy atom. The van der Waals surface area contributed by atoms with Crippen molar-refractivity contribution >= 4 is 57.4 Å². The van der Waals surface area contributed by atoms with Crippen LogP contribution < -0.4 is 15.7 Å². The summed E-state index contributed by atoms with van der Waals surface area (Å²) < 4.78 is 0.496. The second-order valence-electron chi connectivity index (χ2n) is 6.71. The quantitative estimate of drug-likeness (QED) is 0.695. The van der Waals surface area contributed by atoms with E-state index in [0.29, 0.717) is 40.5 Å². The van der Waals surface area contributed by atoms with Gasteiger partial charge < -0.3 is 4.90 Å². The van der Waals surface area contributed by atoms with E-state index in [2.05, 4.69) is 15.8 Å². The summed E-state index contributed by atoms with van der Waals surface area (Å²) in [4.78, 5) is 37.2. The molecule has 4 amide bonds. The van der Waals surface area contributed by atoms with Crippen LogP contribution in [0.3, 0.4) is 0 Å². The fourth-order valence-electron chi connectivity index (χ4n) is 3.84. The summed E-state index contributed by atoms with van der Waals surface area (Å²) in [6, 6.07) is 4.86. The molecule has 3 heterocycles. The molecule has 1 unspecified atom stereocenters. The largest absolute Gasteiger partial charge is 0.341 e. The lowest BCUT2D eigenvalue weighted by Gasteiger charge is -2.25. The van der Waals surface area contributed by atoms with Gasteiger partial charge in [0, 0.05) is 35.8 Å². The van der Waals surface area contributed by atoms with Crippen molar-refractivity contribution in [2.24, 2.45) is 0 Å². The lowest BCUT2D eigenvalue weighted by atomic mass is 9.81. The summed E-state index contributed by atoms with van der Waals surface area (Å²) in [6.45, 7) is 1.45. The first-order valence-electron chi connectivity index (χ1n) is 8.50. The number of carbonyl (C=O) groups excluding carboxylic acids is 2. The van der Waals surface area contributed by atoms with E-state index in [1.807, 2.05) is 12.1 Å². The Kier molecular flexibility index (Phi) is 5.09. The van der Waals surface area contributed by atoms with Crippen LogP contribution in [0.2, 0.25) is 9.36 Å². The number of carbonyl (C=O) groups is 2. The third kappa shape index (κ3) is 3.39. The molecule has 1 saturated heterocycles. The molecule has 8 nitrogen and oxygen atoms in total. The van der Waals surface area contributed by atoms with Crippen LogP contribution in [0.25, 0.3) is 0 Å². The molecule has 11 heteroatoms. The lowest BCUT2D eigenvalue weighted by molar-refractivity contribution is 0.0899. The van der Waals surface area contributed by atoms with Crippen molar-refractivity contribution in [2.45, 2.75) is 11.8 Å². The van der Waals surface area contributed by atoms with E-state index < -0.39 is 0 Å². The summed E-state index contributed by atoms with van der Waals surface area (Å²) in [5.41, 5.74) is 3.70. The Morgan fingerprint density at radius 2 is 2.11 bits per heavy atom. The molecule has 2 N–H and O–H groups in total. The van der Waals surface area contributed by atoms with E-state index in [1.165, 1.54) is 24.6 Å². The number of nitrogens with one attached hydrogen (secondary N) is 2. The van der Waals surface area contributed by atoms with Crippen molar-refractivity contribution in [3.63, 3.8) is 0 Å². The van der Waals surface area contributed by atoms with Crippen LogP contribution in [-0.4, -0.2) is 48.7 Å². The molecule has 0 radical (unpaired) electrons. The van der Waals surface area contributed by atoms with E-state index in [-0.39, 0.29) is 17.5 Å². The number of hydrogen-bond acceptors (Lipinski definition) is 5. The lowest BCUT2D eigenvalue weighted by Crippen LogP contribution is -2.43. The third-order valence-corrected chi connectivity index (χ3v) is 6.31. The fourth-order valence-corrected chi connectivity index (χ4v) is 4.81. The molecule has 148 valence electrons. The van der Waals surface area contributed by atoms with Gasteiger partial charge in [0.15, 0.2) is 5.13 Å². The van der Waals surface area contributed by atoms with Crippen molar-refractivity contribution < 1.29 is 14.4 Å². The Labute approximate surface area is 175 Å². The Bertz CT molecular complexity index is 939. The highest BCUT2D eigenvalue weighted by Crippen LogP contribution is 2.47. The van der Waals surface area contributed by atoms with Gasteiger partial charge >= 0.3 is 12.1 Å². The van der Waals surface area contributed by atoms with Gasteiger partial charge in [-0.3, -0.25) is 15.1 Å². The van der Waals surface area contributed by atoms with Gasteiger partial charge in [0.2, 0.25) is 0 Å². The van der Waals surface area contributed by atoms with Gasteiger partial charge in [-0.15, -0.1) is 0 Å². The van der Waals surface area contributed by atoms with Gasteiger partial charge in [-0.2, -0.15) is 0 Å². The van der Waals surface area contributed by atoms with Gasteiger partial charge in [-0.25, -0.2) is 20.1 Å². The molecule has 0 saturated carbocycles. The van der Waals surface area contributed by atoms with Gasteiger partial charge in [-0.1, -0.05) is 34.5 Å². The molecule has 1 atom stereocenters. The normalized spacial score (nSPS) is 20.5. The first-order valence-corrected chi connectivity index (χ1v) is 10.1. The van der Waals surface area contributed by atoms with Crippen molar-refractivity contribution in [2.75, 3.05) is 37.0 Å². The summed E-state index contributed by atoms with van der Waals surface area (Å²) in [7, 11) is 1.39. The van der Waals surface area contributed by atoms with Crippen LogP contribution in [0.5, 0.6) is 0 Å². The molecular formula is C17H17Cl2N5O3S. The number of benzene rings is 1. The average Bonchev–Trinajstić information content (AvgIpc) is 3.35. The number of hydroxylamine groups is 1. The van der Waals surface area contributed by atoms with Crippen molar-refractivity contribution in [3.05, 3.63) is 39.3 Å². The molecule has 1 fully saturated rings. The van der Waals surface area contributed by atoms with E-state index in [9.17, 15) is 9.59 Å². The van der Waals surface area contributed by atoms with E-state index in [0.717, 1.165) is 11.3 Å². The highest BCUT2D eigenvalue weighted by Gasteiger charge is 2.50. The van der Waals surface area contributed by atoms with Crippen molar-refractivity contribution in [3.8, 4) is 0 Å². The van der Waals surface area contributed by atoms with Crippen LogP contribution in [0.1, 0.15) is 12.0 Å². The Balaban J connectivity index is 1.62. The molecule has 1 spiro atoms. The van der Waals surface area contributed by atoms with Crippen LogP contribution in [-0.2, 0) is 10.3 Å². The Morgan fingerprint density at radius 3 is 2.82 bits per heavy atom. The third-order valence-electron chi connectivity index (χ3n) is 5.05. The number of nitrogens with zero attached hydrogens (tertiary/aromatic N) is 3. The number of likely N-dealkylation sites (tertiary alicyclic amines) is 1. The maximum Gasteiger partial charge on any atom is 0.341 e. The van der Waals surface area contributed by atoms with Crippen LogP contribution in [0.4, 0.5) is 20.4 Å². The minimum Gasteiger partial charge on any atom is -0.322 e. The maximum absolute atomic E-state index is 12.9. The molecule has 28 heavy (non-hydrogen) atoms. The second-order valence-corrected chi connectivity index (χ2v) is 8.81. The van der Waals surface area contributed by atoms with Gasteiger partial charge in [0.25, 0.3) is 0 Å². The summed E-state index contributed by atoms with van der Waals surface area (Å²) >= 11 is 13.3. The monoisotopic (exact) mass is 441 g/mol. The van der Waals surface area contributed by atoms with E-state index >= 15 is 0 Å². The molecular weight excluding hydrogens is 425 g/mol. The topological polar surface area (TPSA) is 86.8 Å². The zero-order chi connectivity index (χ0) is 19.9. The van der Waals surface area contributed by atoms with E-state index in [1.54, 1.807) is 15.9 Å². The molecule has 2 aromatic rings. The predicted molar refractivity (Wildman–Crippen MR) is 108 cm³/mol. The smallest absolute Gasteiger partial charge is 0.322 e. The van der Waals surface area contributed by atoms with Crippen LogP contribution >= 0.6 is 34.5 Å². The molecule has 0 aliphatic carbocycles. The fraction of sp³-hybridized carbons (Fsp3) is 0.353. The number of anilines is 2. The van der Waals surface area contributed by atoms with Gasteiger partial charge in [-0.05, 0) is 30.2 Å². The second kappa shape index (κ2) is 7.40. The SMILES string of the molecule is CONC(=O)N1CCC2(C1)CN(C(=O)Nc1ncc(Cl)s1)c1ccc(Cl)cc12. The highest BCUT2D eigenvalue weighted by molar-refractivity contribution is 7.19. The number of thiazole rings is 1. The summed E-state index contributed by atoms with van der Waals surface area (Å²) in [5, 5.41) is 3.80. The number of urea groups is 2. The minimum absolute atomic E-state index is 0.300. The molecule has 2 aliphatic heterocycles. The number of hydrogen-bond donors (Lipinski definition) is 2. The maximum atomic E-state index is 12.9. The van der Waals surface area contributed by atoms with Crippen LogP contribution in [0, 0.1) is 0 Å². The van der Waals surface area contributed by atoms with Crippen LogP contribution in [0.15, 0.2) is 24.4 Å². The number of amides is 4. The van der Waals surface area contributed by atoms with Crippen molar-refractivity contribution in [1.82, 2.24) is 15.4 Å². The molecule has 1 aromatic carbocycles. The standard InChI is InChI=1S/C17H17Cl2N5O3S/c1-27-22-16(26)23-5-4-17(8-23)9-24(12-3-2-10(18)6-11(12)17)15(25)21-14-20-7-13(19)28-14/h2-3,6-7H,4-5,8-9H2,1H3,(H,22,26)(H,20,21,25). The summed E-state index contributed by atoms with van der Waals surface area (Å²) in [5.74, 6) is 0. The van der Waals surface area contributed by atoms with Crippen molar-refractivity contribution in [1.29, 1.82) is 0 Å². The average molecular weight is 442 g/mol. The summed E-state index contributed by atoms with van der Waals surface area (Å²) in [6.07, 6.45) is 2.20. The molecule has 2 aliphatic rings. The zero-order valence-electron chi connectivity index (χ0n) is 14.9. The minimum atomic E-state index is -0.386. The van der Waals surface area contributed by atoms with E-state index in [4.69, 9.17) is 28.0 Å². The number of rotatable bonds is 2.